The van der Waals surface area contributed by atoms with E-state index in [-0.39, 0.29) is 27.8 Å². The summed E-state index contributed by atoms with van der Waals surface area (Å²) in [6, 6.07) is 10.9. The predicted molar refractivity (Wildman–Crippen MR) is 104 cm³/mol. The Bertz CT molecular complexity index is 1400. The molecule has 1 amide bonds. The monoisotopic (exact) mass is 412 g/mol. The van der Waals surface area contributed by atoms with Gasteiger partial charge in [-0.2, -0.15) is 4.99 Å². The molecule has 0 unspecified atom stereocenters. The number of nitrogens with zero attached hydrogens (tertiary/aromatic N) is 2. The fraction of sp³-hybridized carbons (Fsp3) is 0.100. The Morgan fingerprint density at radius 1 is 1.21 bits per heavy atom. The highest BCUT2D eigenvalue weighted by molar-refractivity contribution is 7.16. The number of benzene rings is 2. The highest BCUT2D eigenvalue weighted by atomic mass is 32.1. The van der Waals surface area contributed by atoms with Crippen LogP contribution in [0.5, 0.6) is 0 Å². The number of ether oxygens (including phenoxy) is 1. The second-order valence-corrected chi connectivity index (χ2v) is 7.03. The molecular formula is C20H13FN2O5S. The molecule has 0 N–H and O–H groups in total. The van der Waals surface area contributed by atoms with Gasteiger partial charge < -0.3 is 13.7 Å². The number of halogens is 1. The van der Waals surface area contributed by atoms with Crippen LogP contribution >= 0.6 is 11.3 Å². The van der Waals surface area contributed by atoms with E-state index in [1.54, 1.807) is 30.3 Å². The molecule has 29 heavy (non-hydrogen) atoms. The summed E-state index contributed by atoms with van der Waals surface area (Å²) < 4.78 is 26.1. The quantitative estimate of drug-likeness (QED) is 0.483. The summed E-state index contributed by atoms with van der Waals surface area (Å²) in [5.41, 5.74) is -0.308. The third-order valence-corrected chi connectivity index (χ3v) is 5.32. The van der Waals surface area contributed by atoms with Crippen molar-refractivity contribution in [3.63, 3.8) is 0 Å². The van der Waals surface area contributed by atoms with Gasteiger partial charge in [-0.05, 0) is 24.3 Å². The number of esters is 1. The Morgan fingerprint density at radius 2 is 2.00 bits per heavy atom. The van der Waals surface area contributed by atoms with Crippen molar-refractivity contribution >= 4 is 44.4 Å². The summed E-state index contributed by atoms with van der Waals surface area (Å²) in [5, 5.41) is 0.248. The smallest absolute Gasteiger partial charge is 0.325 e. The van der Waals surface area contributed by atoms with Crippen molar-refractivity contribution in [2.24, 2.45) is 4.99 Å². The van der Waals surface area contributed by atoms with Crippen molar-refractivity contribution in [3.8, 4) is 0 Å². The van der Waals surface area contributed by atoms with Gasteiger partial charge in [0, 0.05) is 0 Å². The number of thiazole rings is 1. The van der Waals surface area contributed by atoms with Gasteiger partial charge in [0.05, 0.1) is 22.7 Å². The SMILES string of the molecule is COC(=O)Cn1c(=NC(=O)c2coc3ccccc3c2=O)sc2cccc(F)c21. The summed E-state index contributed by atoms with van der Waals surface area (Å²) in [4.78, 5) is 41.1. The van der Waals surface area contributed by atoms with E-state index in [4.69, 9.17) is 4.42 Å². The fourth-order valence-corrected chi connectivity index (χ4v) is 3.93. The molecule has 2 aromatic heterocycles. The topological polar surface area (TPSA) is 90.9 Å². The zero-order valence-corrected chi connectivity index (χ0v) is 15.9. The third kappa shape index (κ3) is 3.36. The van der Waals surface area contributed by atoms with Crippen molar-refractivity contribution in [2.75, 3.05) is 7.11 Å². The average Bonchev–Trinajstić information content (AvgIpc) is 3.06. The number of carbonyl (C=O) groups is 2. The first-order valence-electron chi connectivity index (χ1n) is 8.44. The molecule has 0 aliphatic carbocycles. The fourth-order valence-electron chi connectivity index (χ4n) is 2.89. The maximum Gasteiger partial charge on any atom is 0.325 e. The van der Waals surface area contributed by atoms with Crippen molar-refractivity contribution in [1.29, 1.82) is 0 Å². The lowest BCUT2D eigenvalue weighted by molar-refractivity contribution is -0.141. The molecule has 0 spiro atoms. The summed E-state index contributed by atoms with van der Waals surface area (Å²) in [5.74, 6) is -2.05. The van der Waals surface area contributed by atoms with Crippen molar-refractivity contribution in [1.82, 2.24) is 4.57 Å². The van der Waals surface area contributed by atoms with E-state index in [2.05, 4.69) is 9.73 Å². The van der Waals surface area contributed by atoms with Crippen molar-refractivity contribution in [2.45, 2.75) is 6.54 Å². The average molecular weight is 412 g/mol. The summed E-state index contributed by atoms with van der Waals surface area (Å²) >= 11 is 1.02. The Morgan fingerprint density at radius 3 is 2.79 bits per heavy atom. The zero-order valence-electron chi connectivity index (χ0n) is 15.0. The number of aromatic nitrogens is 1. The number of methoxy groups -OCH3 is 1. The van der Waals surface area contributed by atoms with Gasteiger partial charge in [-0.25, -0.2) is 4.39 Å². The van der Waals surface area contributed by atoms with Crippen LogP contribution in [-0.2, 0) is 16.1 Å². The van der Waals surface area contributed by atoms with Gasteiger partial charge in [0.25, 0.3) is 5.91 Å². The lowest BCUT2D eigenvalue weighted by atomic mass is 10.2. The van der Waals surface area contributed by atoms with E-state index >= 15 is 0 Å². The van der Waals surface area contributed by atoms with E-state index in [9.17, 15) is 18.8 Å². The molecule has 4 aromatic rings. The molecule has 0 aliphatic heterocycles. The standard InChI is InChI=1S/C20H13FN2O5S/c1-27-16(24)9-23-17-13(21)6-4-8-15(17)29-20(23)22-19(26)12-10-28-14-7-3-2-5-11(14)18(12)25/h2-8,10H,9H2,1H3. The normalized spacial score (nSPS) is 11.9. The van der Waals surface area contributed by atoms with Gasteiger partial charge in [0.1, 0.15) is 29.8 Å². The van der Waals surface area contributed by atoms with Gasteiger partial charge >= 0.3 is 5.97 Å². The maximum atomic E-state index is 14.4. The summed E-state index contributed by atoms with van der Waals surface area (Å²) in [6.45, 7) is -0.337. The molecule has 0 atom stereocenters. The largest absolute Gasteiger partial charge is 0.468 e. The highest BCUT2D eigenvalue weighted by Gasteiger charge is 2.17. The molecule has 2 aromatic carbocycles. The van der Waals surface area contributed by atoms with Crippen LogP contribution < -0.4 is 10.2 Å². The van der Waals surface area contributed by atoms with Crippen LogP contribution in [0.4, 0.5) is 4.39 Å². The van der Waals surface area contributed by atoms with E-state index in [0.29, 0.717) is 10.3 Å². The van der Waals surface area contributed by atoms with Gasteiger partial charge in [0.2, 0.25) is 5.43 Å². The molecule has 4 rings (SSSR count). The predicted octanol–water partition coefficient (Wildman–Crippen LogP) is 2.86. The van der Waals surface area contributed by atoms with Gasteiger partial charge in [-0.15, -0.1) is 0 Å². The highest BCUT2D eigenvalue weighted by Crippen LogP contribution is 2.20. The van der Waals surface area contributed by atoms with Crippen LogP contribution in [0.15, 0.2) is 62.9 Å². The Kier molecular flexibility index (Phi) is 4.81. The number of rotatable bonds is 3. The van der Waals surface area contributed by atoms with Crippen LogP contribution in [0.2, 0.25) is 0 Å². The minimum Gasteiger partial charge on any atom is -0.468 e. The molecule has 0 saturated carbocycles. The van der Waals surface area contributed by atoms with Crippen LogP contribution in [0.25, 0.3) is 21.2 Å². The number of amides is 1. The van der Waals surface area contributed by atoms with E-state index in [1.165, 1.54) is 23.8 Å². The first-order valence-corrected chi connectivity index (χ1v) is 9.25. The molecule has 7 nitrogen and oxygen atoms in total. The van der Waals surface area contributed by atoms with E-state index < -0.39 is 23.1 Å². The second kappa shape index (κ2) is 7.44. The number of fused-ring (bicyclic) bond motifs is 2. The Hall–Kier alpha value is -3.59. The molecule has 2 heterocycles. The van der Waals surface area contributed by atoms with Crippen molar-refractivity contribution in [3.05, 3.63) is 75.1 Å². The van der Waals surface area contributed by atoms with Crippen LogP contribution in [0.3, 0.4) is 0 Å². The molecular weight excluding hydrogens is 399 g/mol. The van der Waals surface area contributed by atoms with Crippen molar-refractivity contribution < 1.29 is 23.1 Å². The molecule has 9 heteroatoms. The van der Waals surface area contributed by atoms with Gasteiger partial charge in [0.15, 0.2) is 4.80 Å². The van der Waals surface area contributed by atoms with Crippen LogP contribution in [0, 0.1) is 5.82 Å². The van der Waals surface area contributed by atoms with E-state index in [1.807, 2.05) is 0 Å². The van der Waals surface area contributed by atoms with Crippen LogP contribution in [-0.4, -0.2) is 23.6 Å². The van der Waals surface area contributed by atoms with Crippen LogP contribution in [0.1, 0.15) is 10.4 Å². The van der Waals surface area contributed by atoms with E-state index in [0.717, 1.165) is 17.6 Å². The number of hydrogen-bond donors (Lipinski definition) is 0. The molecule has 0 radical (unpaired) electrons. The molecule has 0 bridgehead atoms. The molecule has 146 valence electrons. The number of para-hydroxylation sites is 2. The third-order valence-electron chi connectivity index (χ3n) is 4.27. The lowest BCUT2D eigenvalue weighted by Crippen LogP contribution is -2.24. The van der Waals surface area contributed by atoms with Gasteiger partial charge in [-0.1, -0.05) is 29.5 Å². The first kappa shape index (κ1) is 18.8. The minimum absolute atomic E-state index is 0.0630. The number of hydrogen-bond acceptors (Lipinski definition) is 6. The maximum absolute atomic E-state index is 14.4. The van der Waals surface area contributed by atoms with Gasteiger partial charge in [-0.3, -0.25) is 14.4 Å². The first-order chi connectivity index (χ1) is 14.0. The molecule has 0 aliphatic rings. The number of carbonyl (C=O) groups excluding carboxylic acids is 2. The Balaban J connectivity index is 1.90. The summed E-state index contributed by atoms with van der Waals surface area (Å²) in [6.07, 6.45) is 1.05. The molecule has 0 fully saturated rings. The Labute approximate surface area is 166 Å². The second-order valence-electron chi connectivity index (χ2n) is 6.03. The lowest BCUT2D eigenvalue weighted by Gasteiger charge is -2.04. The minimum atomic E-state index is -0.852. The molecule has 0 saturated heterocycles. The summed E-state index contributed by atoms with van der Waals surface area (Å²) in [7, 11) is 1.20. The zero-order chi connectivity index (χ0) is 20.5.